The second-order valence-electron chi connectivity index (χ2n) is 6.91. The molecule has 2 aliphatic rings. The molecular weight excluding hydrogens is 290 g/mol. The van der Waals surface area contributed by atoms with Crippen LogP contribution in [0.25, 0.3) is 0 Å². The van der Waals surface area contributed by atoms with Crippen LogP contribution in [-0.2, 0) is 16.1 Å². The summed E-state index contributed by atoms with van der Waals surface area (Å²) in [7, 11) is 0. The van der Waals surface area contributed by atoms with Gasteiger partial charge in [-0.2, -0.15) is 0 Å². The van der Waals surface area contributed by atoms with Gasteiger partial charge in [-0.25, -0.2) is 0 Å². The van der Waals surface area contributed by atoms with Gasteiger partial charge in [0.1, 0.15) is 0 Å². The number of benzene rings is 1. The lowest BCUT2D eigenvalue weighted by Gasteiger charge is -2.33. The number of morpholine rings is 1. The van der Waals surface area contributed by atoms with E-state index in [4.69, 9.17) is 4.74 Å². The van der Waals surface area contributed by atoms with Crippen molar-refractivity contribution in [2.75, 3.05) is 39.3 Å². The van der Waals surface area contributed by atoms with Gasteiger partial charge in [0, 0.05) is 32.7 Å². The SMILES string of the molecule is CC1(C(=O)NCC2CN(Cc3ccccc3)CCO2)CCNC1. The van der Waals surface area contributed by atoms with Crippen LogP contribution in [0, 0.1) is 5.41 Å². The van der Waals surface area contributed by atoms with E-state index in [1.165, 1.54) is 5.56 Å². The van der Waals surface area contributed by atoms with Crippen LogP contribution in [-0.4, -0.2) is 56.2 Å². The quantitative estimate of drug-likeness (QED) is 0.851. The van der Waals surface area contributed by atoms with Gasteiger partial charge in [0.2, 0.25) is 5.91 Å². The van der Waals surface area contributed by atoms with E-state index >= 15 is 0 Å². The average molecular weight is 317 g/mol. The zero-order chi connectivity index (χ0) is 16.1. The first-order valence-corrected chi connectivity index (χ1v) is 8.53. The first-order valence-electron chi connectivity index (χ1n) is 8.53. The molecule has 0 saturated carbocycles. The predicted octanol–water partition coefficient (Wildman–Crippen LogP) is 1.00. The Kier molecular flexibility index (Phi) is 5.30. The summed E-state index contributed by atoms with van der Waals surface area (Å²) in [5.74, 6) is 0.145. The third kappa shape index (κ3) is 4.31. The zero-order valence-electron chi connectivity index (χ0n) is 13.9. The molecule has 5 nitrogen and oxygen atoms in total. The Labute approximate surface area is 138 Å². The smallest absolute Gasteiger partial charge is 0.227 e. The summed E-state index contributed by atoms with van der Waals surface area (Å²) in [6, 6.07) is 10.5. The Balaban J connectivity index is 1.46. The maximum absolute atomic E-state index is 12.4. The number of carbonyl (C=O) groups excluding carboxylic acids is 1. The summed E-state index contributed by atoms with van der Waals surface area (Å²) in [6.45, 7) is 7.80. The molecule has 2 fully saturated rings. The molecule has 23 heavy (non-hydrogen) atoms. The lowest BCUT2D eigenvalue weighted by molar-refractivity contribution is -0.130. The summed E-state index contributed by atoms with van der Waals surface area (Å²) < 4.78 is 5.82. The Hall–Kier alpha value is -1.43. The van der Waals surface area contributed by atoms with Gasteiger partial charge in [0.15, 0.2) is 0 Å². The molecule has 3 rings (SSSR count). The third-order valence-electron chi connectivity index (χ3n) is 4.88. The zero-order valence-corrected chi connectivity index (χ0v) is 13.9. The highest BCUT2D eigenvalue weighted by atomic mass is 16.5. The van der Waals surface area contributed by atoms with Gasteiger partial charge in [0.05, 0.1) is 18.1 Å². The van der Waals surface area contributed by atoms with Gasteiger partial charge in [-0.3, -0.25) is 9.69 Å². The van der Waals surface area contributed by atoms with Crippen molar-refractivity contribution in [2.24, 2.45) is 5.41 Å². The molecule has 0 spiro atoms. The molecule has 0 radical (unpaired) electrons. The standard InChI is InChI=1S/C18H27N3O2/c1-18(7-8-19-14-18)17(22)20-11-16-13-21(9-10-23-16)12-15-5-3-2-4-6-15/h2-6,16,19H,7-14H2,1H3,(H,20,22). The van der Waals surface area contributed by atoms with Crippen molar-refractivity contribution in [1.82, 2.24) is 15.5 Å². The topological polar surface area (TPSA) is 53.6 Å². The summed E-state index contributed by atoms with van der Waals surface area (Å²) in [4.78, 5) is 14.8. The second kappa shape index (κ2) is 7.43. The molecule has 2 atom stereocenters. The maximum atomic E-state index is 12.4. The number of hydrogen-bond acceptors (Lipinski definition) is 4. The number of nitrogens with one attached hydrogen (secondary N) is 2. The number of ether oxygens (including phenoxy) is 1. The number of hydrogen-bond donors (Lipinski definition) is 2. The maximum Gasteiger partial charge on any atom is 0.227 e. The fraction of sp³-hybridized carbons (Fsp3) is 0.611. The normalized spacial score (nSPS) is 28.7. The summed E-state index contributed by atoms with van der Waals surface area (Å²) in [6.07, 6.45) is 0.985. The Morgan fingerprint density at radius 2 is 2.26 bits per heavy atom. The van der Waals surface area contributed by atoms with Gasteiger partial charge in [-0.05, 0) is 25.5 Å². The van der Waals surface area contributed by atoms with Crippen LogP contribution in [0.5, 0.6) is 0 Å². The van der Waals surface area contributed by atoms with Crippen molar-refractivity contribution in [3.8, 4) is 0 Å². The molecular formula is C18H27N3O2. The van der Waals surface area contributed by atoms with Crippen molar-refractivity contribution in [3.05, 3.63) is 35.9 Å². The molecule has 5 heteroatoms. The molecule has 2 unspecified atom stereocenters. The van der Waals surface area contributed by atoms with Crippen molar-refractivity contribution in [1.29, 1.82) is 0 Å². The van der Waals surface area contributed by atoms with Gasteiger partial charge in [-0.15, -0.1) is 0 Å². The highest BCUT2D eigenvalue weighted by Gasteiger charge is 2.36. The number of nitrogens with zero attached hydrogens (tertiary/aromatic N) is 1. The van der Waals surface area contributed by atoms with E-state index in [2.05, 4.69) is 39.8 Å². The molecule has 1 aromatic carbocycles. The third-order valence-corrected chi connectivity index (χ3v) is 4.88. The van der Waals surface area contributed by atoms with Crippen molar-refractivity contribution < 1.29 is 9.53 Å². The van der Waals surface area contributed by atoms with Crippen molar-refractivity contribution in [2.45, 2.75) is 26.0 Å². The van der Waals surface area contributed by atoms with E-state index in [9.17, 15) is 4.79 Å². The number of amides is 1. The van der Waals surface area contributed by atoms with Gasteiger partial charge in [-0.1, -0.05) is 30.3 Å². The minimum Gasteiger partial charge on any atom is -0.374 e. The molecule has 0 bridgehead atoms. The average Bonchev–Trinajstić information content (AvgIpc) is 3.02. The first kappa shape index (κ1) is 16.4. The van der Waals surface area contributed by atoms with Crippen molar-refractivity contribution in [3.63, 3.8) is 0 Å². The minimum atomic E-state index is -0.265. The molecule has 1 amide bonds. The number of rotatable bonds is 5. The monoisotopic (exact) mass is 317 g/mol. The summed E-state index contributed by atoms with van der Waals surface area (Å²) in [5.41, 5.74) is 1.06. The van der Waals surface area contributed by atoms with E-state index in [1.807, 2.05) is 13.0 Å². The van der Waals surface area contributed by atoms with Crippen LogP contribution < -0.4 is 10.6 Å². The molecule has 0 aromatic heterocycles. The van der Waals surface area contributed by atoms with Crippen LogP contribution >= 0.6 is 0 Å². The minimum absolute atomic E-state index is 0.0781. The van der Waals surface area contributed by atoms with Gasteiger partial charge >= 0.3 is 0 Å². The molecule has 2 heterocycles. The molecule has 126 valence electrons. The molecule has 1 aromatic rings. The van der Waals surface area contributed by atoms with E-state index in [0.717, 1.165) is 45.8 Å². The lowest BCUT2D eigenvalue weighted by Crippen LogP contribution is -2.49. The highest BCUT2D eigenvalue weighted by molar-refractivity contribution is 5.82. The molecule has 0 aliphatic carbocycles. The lowest BCUT2D eigenvalue weighted by atomic mass is 9.89. The molecule has 2 N–H and O–H groups in total. The van der Waals surface area contributed by atoms with Crippen LogP contribution in [0.1, 0.15) is 18.9 Å². The Morgan fingerprint density at radius 3 is 3.00 bits per heavy atom. The fourth-order valence-corrected chi connectivity index (χ4v) is 3.32. The summed E-state index contributed by atoms with van der Waals surface area (Å²) >= 11 is 0. The largest absolute Gasteiger partial charge is 0.374 e. The van der Waals surface area contributed by atoms with Crippen LogP contribution in [0.2, 0.25) is 0 Å². The molecule has 2 saturated heterocycles. The summed E-state index contributed by atoms with van der Waals surface area (Å²) in [5, 5.41) is 6.35. The Morgan fingerprint density at radius 1 is 1.43 bits per heavy atom. The predicted molar refractivity (Wildman–Crippen MR) is 90.1 cm³/mol. The highest BCUT2D eigenvalue weighted by Crippen LogP contribution is 2.24. The Bertz CT molecular complexity index is 514. The molecule has 2 aliphatic heterocycles. The second-order valence-corrected chi connectivity index (χ2v) is 6.91. The van der Waals surface area contributed by atoms with E-state index in [1.54, 1.807) is 0 Å². The van der Waals surface area contributed by atoms with Crippen molar-refractivity contribution >= 4 is 5.91 Å². The van der Waals surface area contributed by atoms with Crippen LogP contribution in [0.15, 0.2) is 30.3 Å². The van der Waals surface area contributed by atoms with E-state index < -0.39 is 0 Å². The van der Waals surface area contributed by atoms with Gasteiger partial charge in [0.25, 0.3) is 0 Å². The van der Waals surface area contributed by atoms with E-state index in [0.29, 0.717) is 6.54 Å². The van der Waals surface area contributed by atoms with E-state index in [-0.39, 0.29) is 17.4 Å². The van der Waals surface area contributed by atoms with Crippen LogP contribution in [0.4, 0.5) is 0 Å². The first-order chi connectivity index (χ1) is 11.2. The van der Waals surface area contributed by atoms with Crippen LogP contribution in [0.3, 0.4) is 0 Å². The number of carbonyl (C=O) groups is 1. The fourth-order valence-electron chi connectivity index (χ4n) is 3.32. The van der Waals surface area contributed by atoms with Gasteiger partial charge < -0.3 is 15.4 Å².